The van der Waals surface area contributed by atoms with Crippen LogP contribution in [0.5, 0.6) is 0 Å². The van der Waals surface area contributed by atoms with Gasteiger partial charge in [-0.1, -0.05) is 26.0 Å². The second kappa shape index (κ2) is 9.01. The van der Waals surface area contributed by atoms with Gasteiger partial charge in [-0.05, 0) is 51.3 Å². The topological polar surface area (TPSA) is 89.3 Å². The molecule has 0 unspecified atom stereocenters. The van der Waals surface area contributed by atoms with Crippen LogP contribution in [-0.4, -0.2) is 25.6 Å². The average Bonchev–Trinajstić information content (AvgIpc) is 2.50. The van der Waals surface area contributed by atoms with Gasteiger partial charge in [0.05, 0.1) is 15.9 Å². The molecule has 1 aromatic carbocycles. The van der Waals surface area contributed by atoms with E-state index in [1.54, 1.807) is 45.0 Å². The van der Waals surface area contributed by atoms with Gasteiger partial charge in [-0.25, -0.2) is 8.42 Å². The van der Waals surface area contributed by atoms with Crippen LogP contribution in [0.25, 0.3) is 0 Å². The highest BCUT2D eigenvalue weighted by Gasteiger charge is 2.33. The molecule has 0 fully saturated rings. The molecule has 0 heterocycles. The molecule has 0 aromatic heterocycles. The number of nitrogens with two attached hydrogens (primary N) is 1. The summed E-state index contributed by atoms with van der Waals surface area (Å²) in [7, 11) is -3.23. The summed E-state index contributed by atoms with van der Waals surface area (Å²) in [5, 5.41) is 2.89. The van der Waals surface area contributed by atoms with Crippen LogP contribution in [0.2, 0.25) is 0 Å². The van der Waals surface area contributed by atoms with Gasteiger partial charge >= 0.3 is 0 Å². The second-order valence-corrected chi connectivity index (χ2v) is 9.96. The quantitative estimate of drug-likeness (QED) is 0.745. The Bertz CT molecular complexity index is 652. The number of halogens is 1. The van der Waals surface area contributed by atoms with Crippen molar-refractivity contribution < 1.29 is 13.2 Å². The Labute approximate surface area is 158 Å². The third-order valence-electron chi connectivity index (χ3n) is 4.73. The van der Waals surface area contributed by atoms with Crippen molar-refractivity contribution in [3.63, 3.8) is 0 Å². The third kappa shape index (κ3) is 5.69. The first-order chi connectivity index (χ1) is 11.0. The predicted molar refractivity (Wildman–Crippen MR) is 107 cm³/mol. The van der Waals surface area contributed by atoms with Crippen molar-refractivity contribution in [3.05, 3.63) is 29.8 Å². The van der Waals surface area contributed by atoms with Crippen molar-refractivity contribution in [2.24, 2.45) is 11.1 Å². The minimum atomic E-state index is -3.23. The molecule has 3 N–H and O–H groups in total. The summed E-state index contributed by atoms with van der Waals surface area (Å²) in [4.78, 5) is 12.5. The van der Waals surface area contributed by atoms with E-state index in [0.717, 1.165) is 0 Å². The van der Waals surface area contributed by atoms with Crippen LogP contribution in [-0.2, 0) is 20.4 Å². The molecule has 0 atom stereocenters. The molecule has 0 aliphatic rings. The van der Waals surface area contributed by atoms with Crippen molar-refractivity contribution >= 4 is 33.8 Å². The molecule has 1 aromatic rings. The van der Waals surface area contributed by atoms with Gasteiger partial charge in [0.25, 0.3) is 0 Å². The second-order valence-electron chi connectivity index (χ2n) is 7.21. The Kier molecular flexibility index (Phi) is 8.61. The minimum absolute atomic E-state index is 0. The van der Waals surface area contributed by atoms with E-state index < -0.39 is 20.0 Å². The van der Waals surface area contributed by atoms with Gasteiger partial charge in [-0.3, -0.25) is 4.79 Å². The van der Waals surface area contributed by atoms with Gasteiger partial charge in [-0.2, -0.15) is 0 Å². The fourth-order valence-corrected chi connectivity index (χ4v) is 3.40. The maximum absolute atomic E-state index is 12.5. The number of amides is 1. The van der Waals surface area contributed by atoms with Crippen LogP contribution in [0.1, 0.15) is 53.0 Å². The first kappa shape index (κ1) is 23.9. The lowest BCUT2D eigenvalue weighted by Gasteiger charge is -2.28. The molecule has 0 saturated carbocycles. The van der Waals surface area contributed by atoms with E-state index in [4.69, 9.17) is 5.73 Å². The van der Waals surface area contributed by atoms with Gasteiger partial charge in [0.2, 0.25) is 5.91 Å². The third-order valence-corrected chi connectivity index (χ3v) is 7.31. The fourth-order valence-electron chi connectivity index (χ4n) is 2.34. The molecule has 1 amide bonds. The number of hydrogen-bond donors (Lipinski definition) is 2. The molecule has 0 radical (unpaired) electrons. The summed E-state index contributed by atoms with van der Waals surface area (Å²) < 4.78 is 23.7. The monoisotopic (exact) mass is 390 g/mol. The lowest BCUT2D eigenvalue weighted by molar-refractivity contribution is -0.125. The zero-order valence-corrected chi connectivity index (χ0v) is 17.4. The summed E-state index contributed by atoms with van der Waals surface area (Å²) in [5.41, 5.74) is 6.59. The maximum atomic E-state index is 12.5. The molecule has 1 rings (SSSR count). The van der Waals surface area contributed by atoms with E-state index in [1.165, 1.54) is 0 Å². The van der Waals surface area contributed by atoms with Crippen molar-refractivity contribution in [1.29, 1.82) is 0 Å². The number of rotatable bonds is 7. The zero-order chi connectivity index (χ0) is 18.6. The first-order valence-corrected chi connectivity index (χ1v) is 9.99. The van der Waals surface area contributed by atoms with Gasteiger partial charge in [0.1, 0.15) is 0 Å². The fraction of sp³-hybridized carbons (Fsp3) is 0.611. The predicted octanol–water partition coefficient (Wildman–Crippen LogP) is 3.53. The van der Waals surface area contributed by atoms with Gasteiger partial charge in [-0.15, -0.1) is 12.4 Å². The number of carbonyl (C=O) groups is 1. The summed E-state index contributed by atoms with van der Waals surface area (Å²) in [6, 6.07) is 6.94. The van der Waals surface area contributed by atoms with E-state index in [9.17, 15) is 13.2 Å². The summed E-state index contributed by atoms with van der Waals surface area (Å²) in [5.74, 6) is -0.105. The van der Waals surface area contributed by atoms with Crippen LogP contribution < -0.4 is 11.1 Å². The Balaban J connectivity index is 0.00000576. The Morgan fingerprint density at radius 2 is 1.56 bits per heavy atom. The van der Waals surface area contributed by atoms with Gasteiger partial charge in [0.15, 0.2) is 9.84 Å². The molecule has 5 nitrogen and oxygen atoms in total. The first-order valence-electron chi connectivity index (χ1n) is 8.34. The minimum Gasteiger partial charge on any atom is -0.329 e. The van der Waals surface area contributed by atoms with Crippen LogP contribution >= 0.6 is 12.4 Å². The highest BCUT2D eigenvalue weighted by atomic mass is 35.5. The number of sulfone groups is 1. The van der Waals surface area contributed by atoms with Crippen molar-refractivity contribution in [1.82, 2.24) is 0 Å². The number of carbonyl (C=O) groups excluding carboxylic acids is 1. The Morgan fingerprint density at radius 1 is 1.08 bits per heavy atom. The normalized spacial score (nSPS) is 12.4. The molecular formula is C18H31ClN2O3S. The van der Waals surface area contributed by atoms with E-state index in [-0.39, 0.29) is 24.1 Å². The standard InChI is InChI=1S/C18H30N2O3S.ClH/c1-6-18(7-2,13-19)16(21)20-15-10-8-14(9-11-15)12-24(22,23)17(3,4)5;/h8-11H,6-7,12-13,19H2,1-5H3,(H,20,21);1H. The maximum Gasteiger partial charge on any atom is 0.231 e. The van der Waals surface area contributed by atoms with E-state index in [1.807, 2.05) is 13.8 Å². The van der Waals surface area contributed by atoms with Crippen LogP contribution in [0.3, 0.4) is 0 Å². The molecule has 0 saturated heterocycles. The lowest BCUT2D eigenvalue weighted by atomic mass is 9.81. The SMILES string of the molecule is CCC(CC)(CN)C(=O)Nc1ccc(CS(=O)(=O)C(C)(C)C)cc1.Cl. The molecule has 25 heavy (non-hydrogen) atoms. The molecule has 0 spiro atoms. The van der Waals surface area contributed by atoms with Crippen molar-refractivity contribution in [2.75, 3.05) is 11.9 Å². The van der Waals surface area contributed by atoms with E-state index in [0.29, 0.717) is 30.6 Å². The Hall–Kier alpha value is -1.11. The molecular weight excluding hydrogens is 360 g/mol. The van der Waals surface area contributed by atoms with E-state index >= 15 is 0 Å². The molecule has 144 valence electrons. The smallest absolute Gasteiger partial charge is 0.231 e. The summed E-state index contributed by atoms with van der Waals surface area (Å²) in [6.07, 6.45) is 1.35. The highest BCUT2D eigenvalue weighted by Crippen LogP contribution is 2.27. The van der Waals surface area contributed by atoms with Crippen molar-refractivity contribution in [2.45, 2.75) is 58.0 Å². The Morgan fingerprint density at radius 3 is 1.92 bits per heavy atom. The molecule has 0 aliphatic carbocycles. The van der Waals surface area contributed by atoms with Crippen LogP contribution in [0.15, 0.2) is 24.3 Å². The largest absolute Gasteiger partial charge is 0.329 e. The summed E-state index contributed by atoms with van der Waals surface area (Å²) in [6.45, 7) is 9.29. The van der Waals surface area contributed by atoms with Crippen LogP contribution in [0, 0.1) is 5.41 Å². The van der Waals surface area contributed by atoms with Gasteiger partial charge in [0, 0.05) is 12.2 Å². The zero-order valence-electron chi connectivity index (χ0n) is 15.8. The van der Waals surface area contributed by atoms with Crippen LogP contribution in [0.4, 0.5) is 5.69 Å². The van der Waals surface area contributed by atoms with Gasteiger partial charge < -0.3 is 11.1 Å². The number of benzene rings is 1. The lowest BCUT2D eigenvalue weighted by Crippen LogP contribution is -2.41. The summed E-state index contributed by atoms with van der Waals surface area (Å²) >= 11 is 0. The number of anilines is 1. The molecule has 7 heteroatoms. The molecule has 0 bridgehead atoms. The number of nitrogens with one attached hydrogen (secondary N) is 1. The number of hydrogen-bond acceptors (Lipinski definition) is 4. The van der Waals surface area contributed by atoms with E-state index in [2.05, 4.69) is 5.32 Å². The molecule has 0 aliphatic heterocycles. The van der Waals surface area contributed by atoms with Crippen molar-refractivity contribution in [3.8, 4) is 0 Å². The average molecular weight is 391 g/mol. The highest BCUT2D eigenvalue weighted by molar-refractivity contribution is 7.91.